The van der Waals surface area contributed by atoms with E-state index in [2.05, 4.69) is 24.6 Å². The Bertz CT molecular complexity index is 168. The summed E-state index contributed by atoms with van der Waals surface area (Å²) in [5, 5.41) is 0. The molecule has 2 rings (SSSR count). The molecule has 0 nitrogen and oxygen atoms in total. The Kier molecular flexibility index (Phi) is 2.71. The van der Waals surface area contributed by atoms with Crippen LogP contribution < -0.4 is 18.9 Å². The predicted octanol–water partition coefficient (Wildman–Crippen LogP) is -0.509. The summed E-state index contributed by atoms with van der Waals surface area (Å²) in [6.07, 6.45) is 13.0. The molecule has 0 aromatic rings. The van der Waals surface area contributed by atoms with Crippen LogP contribution in [0.1, 0.15) is 19.3 Å². The minimum absolute atomic E-state index is 0. The van der Waals surface area contributed by atoms with Gasteiger partial charge in [-0.3, -0.25) is 0 Å². The third-order valence-corrected chi connectivity index (χ3v) is 2.21. The first-order valence-electron chi connectivity index (χ1n) is 3.67. The van der Waals surface area contributed by atoms with Crippen molar-refractivity contribution in [1.82, 2.24) is 0 Å². The Labute approximate surface area is 74.6 Å². The molecule has 0 spiro atoms. The zero-order chi connectivity index (χ0) is 6.10. The van der Waals surface area contributed by atoms with Crippen LogP contribution in [0.3, 0.4) is 0 Å². The number of hydrogen-bond acceptors (Lipinski definition) is 0. The van der Waals surface area contributed by atoms with Crippen molar-refractivity contribution in [2.75, 3.05) is 0 Å². The smallest absolute Gasteiger partial charge is 0.227 e. The minimum atomic E-state index is 0. The molecular weight excluding hydrogens is 115 g/mol. The van der Waals surface area contributed by atoms with E-state index in [1.54, 1.807) is 5.57 Å². The van der Waals surface area contributed by atoms with E-state index in [0.29, 0.717) is 0 Å². The van der Waals surface area contributed by atoms with Crippen molar-refractivity contribution < 1.29 is 18.9 Å². The van der Waals surface area contributed by atoms with Gasteiger partial charge >= 0.3 is 18.9 Å². The van der Waals surface area contributed by atoms with Gasteiger partial charge in [0.15, 0.2) is 0 Å². The molecule has 0 bridgehead atoms. The van der Waals surface area contributed by atoms with Gasteiger partial charge in [-0.1, -0.05) is 6.42 Å². The van der Waals surface area contributed by atoms with Gasteiger partial charge in [0, 0.05) is 0 Å². The van der Waals surface area contributed by atoms with Gasteiger partial charge in [0.1, 0.15) is 0 Å². The van der Waals surface area contributed by atoms with Crippen molar-refractivity contribution in [3.8, 4) is 0 Å². The van der Waals surface area contributed by atoms with Crippen molar-refractivity contribution >= 4 is 0 Å². The second-order valence-corrected chi connectivity index (χ2v) is 2.81. The van der Waals surface area contributed by atoms with E-state index in [-0.39, 0.29) is 18.9 Å². The molecule has 1 unspecified atom stereocenters. The van der Waals surface area contributed by atoms with Crippen molar-refractivity contribution in [2.24, 2.45) is 5.92 Å². The fraction of sp³-hybridized carbons (Fsp3) is 0.444. The second-order valence-electron chi connectivity index (χ2n) is 2.81. The van der Waals surface area contributed by atoms with Gasteiger partial charge in [-0.2, -0.15) is 0 Å². The van der Waals surface area contributed by atoms with Crippen LogP contribution in [-0.4, -0.2) is 0 Å². The fourth-order valence-corrected chi connectivity index (χ4v) is 1.66. The van der Waals surface area contributed by atoms with E-state index in [4.69, 9.17) is 0 Å². The number of fused-ring (bicyclic) bond motifs is 1. The molecule has 0 heterocycles. The SMILES string of the molecule is C1=CCC2CC[CH-]C2=C1.[Li+]. The molecule has 10 heavy (non-hydrogen) atoms. The molecule has 0 aromatic carbocycles. The van der Waals surface area contributed by atoms with E-state index >= 15 is 0 Å². The zero-order valence-corrected chi connectivity index (χ0v) is 6.51. The Hall–Kier alpha value is -0.0526. The molecular formula is C9H11Li. The molecule has 48 valence electrons. The Balaban J connectivity index is 0.000000500. The van der Waals surface area contributed by atoms with Gasteiger partial charge in [-0.15, -0.1) is 18.6 Å². The summed E-state index contributed by atoms with van der Waals surface area (Å²) in [6, 6.07) is 0. The Morgan fingerprint density at radius 1 is 1.50 bits per heavy atom. The van der Waals surface area contributed by atoms with Crippen LogP contribution in [0.15, 0.2) is 23.8 Å². The maximum absolute atomic E-state index is 2.37. The summed E-state index contributed by atoms with van der Waals surface area (Å²) in [4.78, 5) is 0. The minimum Gasteiger partial charge on any atom is -0.227 e. The first kappa shape index (κ1) is 8.05. The first-order chi connectivity index (χ1) is 4.47. The van der Waals surface area contributed by atoms with Gasteiger partial charge < -0.3 is 0 Å². The molecule has 0 saturated heterocycles. The summed E-state index contributed by atoms with van der Waals surface area (Å²) >= 11 is 0. The van der Waals surface area contributed by atoms with Gasteiger partial charge in [0.05, 0.1) is 0 Å². The average Bonchev–Trinajstić information content (AvgIpc) is 2.33. The summed E-state index contributed by atoms with van der Waals surface area (Å²) in [5.74, 6) is 0.884. The van der Waals surface area contributed by atoms with Crippen LogP contribution >= 0.6 is 0 Å². The van der Waals surface area contributed by atoms with Gasteiger partial charge in [-0.05, 0) is 12.3 Å². The number of hydrogen-bond donors (Lipinski definition) is 0. The van der Waals surface area contributed by atoms with Crippen molar-refractivity contribution in [3.05, 3.63) is 30.2 Å². The Morgan fingerprint density at radius 2 is 2.40 bits per heavy atom. The molecule has 0 N–H and O–H groups in total. The maximum Gasteiger partial charge on any atom is 1.00 e. The van der Waals surface area contributed by atoms with Gasteiger partial charge in [0.25, 0.3) is 0 Å². The van der Waals surface area contributed by atoms with Crippen LogP contribution in [0.5, 0.6) is 0 Å². The summed E-state index contributed by atoms with van der Waals surface area (Å²) in [6.45, 7) is 0. The maximum atomic E-state index is 2.37. The first-order valence-corrected chi connectivity index (χ1v) is 3.67. The van der Waals surface area contributed by atoms with E-state index in [9.17, 15) is 0 Å². The van der Waals surface area contributed by atoms with E-state index in [1.165, 1.54) is 19.3 Å². The Morgan fingerprint density at radius 3 is 3.20 bits per heavy atom. The normalized spacial score (nSPS) is 28.0. The van der Waals surface area contributed by atoms with Crippen molar-refractivity contribution in [3.63, 3.8) is 0 Å². The molecule has 0 amide bonds. The van der Waals surface area contributed by atoms with E-state index < -0.39 is 0 Å². The second kappa shape index (κ2) is 3.37. The van der Waals surface area contributed by atoms with Gasteiger partial charge in [0.2, 0.25) is 0 Å². The summed E-state index contributed by atoms with van der Waals surface area (Å²) in [7, 11) is 0. The van der Waals surface area contributed by atoms with Crippen LogP contribution in [0.2, 0.25) is 0 Å². The van der Waals surface area contributed by atoms with E-state index in [0.717, 1.165) is 5.92 Å². The molecule has 1 fully saturated rings. The van der Waals surface area contributed by atoms with Crippen LogP contribution in [0, 0.1) is 12.3 Å². The van der Waals surface area contributed by atoms with Crippen LogP contribution in [0.25, 0.3) is 0 Å². The van der Waals surface area contributed by atoms with Crippen molar-refractivity contribution in [1.29, 1.82) is 0 Å². The standard InChI is InChI=1S/C9H11.Li/c1-2-5-9-7-3-6-8(9)4-1;/h1-2,4,6,9H,3,5,7H2;/q-1;+1. The van der Waals surface area contributed by atoms with Crippen LogP contribution in [0.4, 0.5) is 0 Å². The predicted molar refractivity (Wildman–Crippen MR) is 38.9 cm³/mol. The van der Waals surface area contributed by atoms with Crippen molar-refractivity contribution in [2.45, 2.75) is 19.3 Å². The molecule has 0 radical (unpaired) electrons. The summed E-state index contributed by atoms with van der Waals surface area (Å²) in [5.41, 5.74) is 1.58. The zero-order valence-electron chi connectivity index (χ0n) is 6.51. The molecule has 2 aliphatic carbocycles. The van der Waals surface area contributed by atoms with E-state index in [1.807, 2.05) is 0 Å². The molecule has 2 aliphatic rings. The quantitative estimate of drug-likeness (QED) is 0.303. The average molecular weight is 126 g/mol. The van der Waals surface area contributed by atoms with Crippen LogP contribution in [-0.2, 0) is 0 Å². The molecule has 1 saturated carbocycles. The third kappa shape index (κ3) is 1.34. The molecule has 1 heteroatoms. The number of allylic oxidation sites excluding steroid dienone is 4. The molecule has 1 atom stereocenters. The monoisotopic (exact) mass is 126 g/mol. The molecule has 0 aliphatic heterocycles. The summed E-state index contributed by atoms with van der Waals surface area (Å²) < 4.78 is 0. The molecule has 0 aromatic heterocycles. The largest absolute Gasteiger partial charge is 1.00 e. The third-order valence-electron chi connectivity index (χ3n) is 2.21. The topological polar surface area (TPSA) is 0 Å². The number of rotatable bonds is 0. The van der Waals surface area contributed by atoms with Gasteiger partial charge in [-0.25, -0.2) is 18.1 Å². The fourth-order valence-electron chi connectivity index (χ4n) is 1.66.